The molecule has 0 radical (unpaired) electrons. The predicted octanol–water partition coefficient (Wildman–Crippen LogP) is 1.59. The lowest BCUT2D eigenvalue weighted by Gasteiger charge is -2.39. The van der Waals surface area contributed by atoms with Crippen molar-refractivity contribution in [1.82, 2.24) is 4.90 Å². The second-order valence-corrected chi connectivity index (χ2v) is 4.78. The van der Waals surface area contributed by atoms with Gasteiger partial charge >= 0.3 is 0 Å². The van der Waals surface area contributed by atoms with Gasteiger partial charge in [0.2, 0.25) is 0 Å². The van der Waals surface area contributed by atoms with Gasteiger partial charge in [-0.1, -0.05) is 12.8 Å². The molecule has 80 valence electrons. The van der Waals surface area contributed by atoms with Crippen molar-refractivity contribution in [2.75, 3.05) is 20.1 Å². The van der Waals surface area contributed by atoms with Crippen molar-refractivity contribution in [2.24, 2.45) is 16.1 Å². The third-order valence-electron chi connectivity index (χ3n) is 4.04. The van der Waals surface area contributed by atoms with Gasteiger partial charge in [-0.25, -0.2) is 0 Å². The van der Waals surface area contributed by atoms with Crippen LogP contribution in [0.2, 0.25) is 0 Å². The molecule has 1 aliphatic carbocycles. The summed E-state index contributed by atoms with van der Waals surface area (Å²) >= 11 is 0. The Hall–Kier alpha value is -0.730. The van der Waals surface area contributed by atoms with Crippen molar-refractivity contribution >= 4 is 5.96 Å². The molecular formula is C11H21N3. The summed E-state index contributed by atoms with van der Waals surface area (Å²) in [5.41, 5.74) is 6.50. The molecule has 1 saturated carbocycles. The number of nitrogens with zero attached hydrogens (tertiary/aromatic N) is 2. The zero-order valence-electron chi connectivity index (χ0n) is 9.13. The van der Waals surface area contributed by atoms with E-state index in [1.165, 1.54) is 38.5 Å². The van der Waals surface area contributed by atoms with E-state index in [0.717, 1.165) is 19.0 Å². The van der Waals surface area contributed by atoms with Gasteiger partial charge in [-0.15, -0.1) is 0 Å². The maximum atomic E-state index is 5.81. The average Bonchev–Trinajstić information content (AvgIpc) is 2.67. The Bertz CT molecular complexity index is 219. The van der Waals surface area contributed by atoms with Crippen molar-refractivity contribution in [3.05, 3.63) is 0 Å². The fourth-order valence-corrected chi connectivity index (χ4v) is 2.98. The van der Waals surface area contributed by atoms with Crippen LogP contribution in [0.15, 0.2) is 4.99 Å². The van der Waals surface area contributed by atoms with Gasteiger partial charge in [0, 0.05) is 20.1 Å². The largest absolute Gasteiger partial charge is 0.370 e. The van der Waals surface area contributed by atoms with Crippen LogP contribution in [0.1, 0.15) is 38.5 Å². The minimum Gasteiger partial charge on any atom is -0.370 e. The smallest absolute Gasteiger partial charge is 0.190 e. The lowest BCUT2D eigenvalue weighted by molar-refractivity contribution is 0.153. The van der Waals surface area contributed by atoms with Crippen LogP contribution in [0.25, 0.3) is 0 Å². The molecule has 2 fully saturated rings. The summed E-state index contributed by atoms with van der Waals surface area (Å²) in [6.45, 7) is 2.23. The first kappa shape index (κ1) is 9.81. The fraction of sp³-hybridized carbons (Fsp3) is 0.909. The molecule has 1 saturated heterocycles. The van der Waals surface area contributed by atoms with E-state index < -0.39 is 0 Å². The summed E-state index contributed by atoms with van der Waals surface area (Å²) < 4.78 is 0. The van der Waals surface area contributed by atoms with Gasteiger partial charge in [-0.05, 0) is 31.1 Å². The van der Waals surface area contributed by atoms with Crippen molar-refractivity contribution in [1.29, 1.82) is 0 Å². The third-order valence-corrected chi connectivity index (χ3v) is 4.04. The molecule has 0 bridgehead atoms. The summed E-state index contributed by atoms with van der Waals surface area (Å²) in [5, 5.41) is 0. The summed E-state index contributed by atoms with van der Waals surface area (Å²) in [4.78, 5) is 6.27. The van der Waals surface area contributed by atoms with Gasteiger partial charge in [0.1, 0.15) is 0 Å². The van der Waals surface area contributed by atoms with Gasteiger partial charge in [-0.2, -0.15) is 0 Å². The number of rotatable bonds is 0. The molecule has 2 rings (SSSR count). The van der Waals surface area contributed by atoms with E-state index in [2.05, 4.69) is 9.89 Å². The molecular weight excluding hydrogens is 174 g/mol. The van der Waals surface area contributed by atoms with E-state index in [0.29, 0.717) is 5.41 Å². The molecule has 0 amide bonds. The molecule has 0 aromatic carbocycles. The number of hydrogen-bond donors (Lipinski definition) is 1. The minimum atomic E-state index is 0.685. The van der Waals surface area contributed by atoms with E-state index in [9.17, 15) is 0 Å². The second-order valence-electron chi connectivity index (χ2n) is 4.78. The Morgan fingerprint density at radius 3 is 2.21 bits per heavy atom. The van der Waals surface area contributed by atoms with Crippen molar-refractivity contribution in [3.8, 4) is 0 Å². The van der Waals surface area contributed by atoms with Gasteiger partial charge in [0.05, 0.1) is 0 Å². The lowest BCUT2D eigenvalue weighted by atomic mass is 9.77. The fourth-order valence-electron chi connectivity index (χ4n) is 2.98. The number of guanidine groups is 1. The van der Waals surface area contributed by atoms with Crippen LogP contribution in [0.5, 0.6) is 0 Å². The quantitative estimate of drug-likeness (QED) is 0.471. The van der Waals surface area contributed by atoms with Gasteiger partial charge in [-0.3, -0.25) is 4.99 Å². The maximum Gasteiger partial charge on any atom is 0.190 e. The standard InChI is InChI=1S/C11H21N3/c1-13-10(12)14-8-6-11(7-9-14)4-2-3-5-11/h2-9H2,1H3,(H2,12,13). The van der Waals surface area contributed by atoms with Gasteiger partial charge in [0.15, 0.2) is 5.96 Å². The first-order chi connectivity index (χ1) is 6.76. The Labute approximate surface area is 86.4 Å². The van der Waals surface area contributed by atoms with Crippen LogP contribution in [-0.4, -0.2) is 31.0 Å². The third kappa shape index (κ3) is 1.72. The van der Waals surface area contributed by atoms with E-state index >= 15 is 0 Å². The topological polar surface area (TPSA) is 41.6 Å². The van der Waals surface area contributed by atoms with Crippen molar-refractivity contribution < 1.29 is 0 Å². The summed E-state index contributed by atoms with van der Waals surface area (Å²) in [6, 6.07) is 0. The molecule has 1 spiro atoms. The Kier molecular flexibility index (Phi) is 2.66. The first-order valence-corrected chi connectivity index (χ1v) is 5.73. The number of aliphatic imine (C=N–C) groups is 1. The van der Waals surface area contributed by atoms with Gasteiger partial charge in [0.25, 0.3) is 0 Å². The number of nitrogens with two attached hydrogens (primary N) is 1. The molecule has 0 unspecified atom stereocenters. The van der Waals surface area contributed by atoms with Crippen LogP contribution in [0.3, 0.4) is 0 Å². The van der Waals surface area contributed by atoms with E-state index in [4.69, 9.17) is 5.73 Å². The van der Waals surface area contributed by atoms with Gasteiger partial charge < -0.3 is 10.6 Å². The molecule has 3 nitrogen and oxygen atoms in total. The van der Waals surface area contributed by atoms with Crippen LogP contribution in [-0.2, 0) is 0 Å². The molecule has 0 atom stereocenters. The Morgan fingerprint density at radius 2 is 1.71 bits per heavy atom. The minimum absolute atomic E-state index is 0.685. The zero-order valence-corrected chi connectivity index (χ0v) is 9.13. The Morgan fingerprint density at radius 1 is 1.14 bits per heavy atom. The number of likely N-dealkylation sites (tertiary alicyclic amines) is 1. The molecule has 1 aliphatic heterocycles. The van der Waals surface area contributed by atoms with E-state index in [-0.39, 0.29) is 0 Å². The monoisotopic (exact) mass is 195 g/mol. The molecule has 2 N–H and O–H groups in total. The number of piperidine rings is 1. The van der Waals surface area contributed by atoms with Crippen LogP contribution in [0.4, 0.5) is 0 Å². The SMILES string of the molecule is CN=C(N)N1CCC2(CCCC2)CC1. The van der Waals surface area contributed by atoms with Crippen molar-refractivity contribution in [3.63, 3.8) is 0 Å². The van der Waals surface area contributed by atoms with Crippen LogP contribution in [0, 0.1) is 5.41 Å². The molecule has 1 heterocycles. The average molecular weight is 195 g/mol. The first-order valence-electron chi connectivity index (χ1n) is 5.73. The Balaban J connectivity index is 1.91. The normalized spacial score (nSPS) is 27.2. The molecule has 3 heteroatoms. The molecule has 0 aromatic heterocycles. The summed E-state index contributed by atoms with van der Waals surface area (Å²) in [6.07, 6.45) is 8.43. The highest BCUT2D eigenvalue weighted by atomic mass is 15.2. The molecule has 0 aromatic rings. The highest BCUT2D eigenvalue weighted by molar-refractivity contribution is 5.77. The van der Waals surface area contributed by atoms with E-state index in [1.807, 2.05) is 0 Å². The highest BCUT2D eigenvalue weighted by Gasteiger charge is 2.37. The van der Waals surface area contributed by atoms with E-state index in [1.54, 1.807) is 7.05 Å². The summed E-state index contributed by atoms with van der Waals surface area (Å²) in [7, 11) is 1.77. The van der Waals surface area contributed by atoms with Crippen LogP contribution < -0.4 is 5.73 Å². The second kappa shape index (κ2) is 3.79. The lowest BCUT2D eigenvalue weighted by Crippen LogP contribution is -2.45. The van der Waals surface area contributed by atoms with Crippen molar-refractivity contribution in [2.45, 2.75) is 38.5 Å². The molecule has 14 heavy (non-hydrogen) atoms. The molecule has 2 aliphatic rings. The highest BCUT2D eigenvalue weighted by Crippen LogP contribution is 2.45. The number of hydrogen-bond acceptors (Lipinski definition) is 1. The predicted molar refractivity (Wildman–Crippen MR) is 59.3 cm³/mol. The summed E-state index contributed by atoms with van der Waals surface area (Å²) in [5.74, 6) is 0.720. The maximum absolute atomic E-state index is 5.81. The zero-order chi connectivity index (χ0) is 10.0. The van der Waals surface area contributed by atoms with Crippen LogP contribution >= 0.6 is 0 Å².